The van der Waals surface area contributed by atoms with Gasteiger partial charge in [-0.2, -0.15) is 0 Å². The van der Waals surface area contributed by atoms with Gasteiger partial charge in [0.15, 0.2) is 0 Å². The van der Waals surface area contributed by atoms with Gasteiger partial charge in [-0.15, -0.1) is 11.3 Å². The molecular weight excluding hydrogens is 280 g/mol. The minimum Gasteiger partial charge on any atom is -0.492 e. The van der Waals surface area contributed by atoms with E-state index in [1.807, 2.05) is 6.07 Å². The van der Waals surface area contributed by atoms with Crippen LogP contribution < -0.4 is 4.74 Å². The number of ether oxygens (including phenoxy) is 2. The van der Waals surface area contributed by atoms with Crippen molar-refractivity contribution in [2.24, 2.45) is 5.92 Å². The molecule has 2 nitrogen and oxygen atoms in total. The molecule has 0 fully saturated rings. The van der Waals surface area contributed by atoms with Crippen LogP contribution >= 0.6 is 11.3 Å². The van der Waals surface area contributed by atoms with E-state index in [1.54, 1.807) is 11.3 Å². The second-order valence-electron chi connectivity index (χ2n) is 6.17. The molecule has 0 bridgehead atoms. The van der Waals surface area contributed by atoms with E-state index in [0.29, 0.717) is 6.61 Å². The largest absolute Gasteiger partial charge is 0.492 e. The van der Waals surface area contributed by atoms with Gasteiger partial charge in [-0.25, -0.2) is 0 Å². The second kappa shape index (κ2) is 4.72. The number of thiophene rings is 1. The molecule has 0 aliphatic carbocycles. The molecule has 0 unspecified atom stereocenters. The highest BCUT2D eigenvalue weighted by Crippen LogP contribution is 2.49. The van der Waals surface area contributed by atoms with Crippen LogP contribution in [0.3, 0.4) is 0 Å². The molecule has 2 atom stereocenters. The second-order valence-corrected chi connectivity index (χ2v) is 7.15. The van der Waals surface area contributed by atoms with Crippen LogP contribution in [-0.4, -0.2) is 12.2 Å². The van der Waals surface area contributed by atoms with E-state index in [-0.39, 0.29) is 17.6 Å². The highest BCUT2D eigenvalue weighted by Gasteiger charge is 2.41. The Labute approximate surface area is 129 Å². The third-order valence-corrected chi connectivity index (χ3v) is 5.07. The summed E-state index contributed by atoms with van der Waals surface area (Å²) < 4.78 is 12.3. The lowest BCUT2D eigenvalue weighted by Gasteiger charge is -2.42. The molecule has 108 valence electrons. The van der Waals surface area contributed by atoms with Gasteiger partial charge in [-0.05, 0) is 43.0 Å². The van der Waals surface area contributed by atoms with Crippen LogP contribution in [0.1, 0.15) is 30.4 Å². The van der Waals surface area contributed by atoms with Crippen molar-refractivity contribution in [3.8, 4) is 5.75 Å². The molecule has 0 N–H and O–H groups in total. The fourth-order valence-electron chi connectivity index (χ4n) is 3.26. The van der Waals surface area contributed by atoms with Gasteiger partial charge in [0.2, 0.25) is 0 Å². The lowest BCUT2D eigenvalue weighted by atomic mass is 9.80. The van der Waals surface area contributed by atoms with Gasteiger partial charge in [0.25, 0.3) is 0 Å². The molecule has 2 aromatic rings. The van der Waals surface area contributed by atoms with E-state index in [9.17, 15) is 0 Å². The molecule has 0 radical (unpaired) electrons. The number of para-hydroxylation sites is 1. The van der Waals surface area contributed by atoms with Gasteiger partial charge >= 0.3 is 0 Å². The van der Waals surface area contributed by atoms with Crippen molar-refractivity contribution in [3.05, 3.63) is 58.3 Å². The van der Waals surface area contributed by atoms with Crippen LogP contribution in [-0.2, 0) is 4.74 Å². The predicted molar refractivity (Wildman–Crippen MR) is 85.6 cm³/mol. The number of hydrogen-bond donors (Lipinski definition) is 0. The molecule has 3 heteroatoms. The first kappa shape index (κ1) is 13.1. The predicted octanol–water partition coefficient (Wildman–Crippen LogP) is 4.69. The van der Waals surface area contributed by atoms with Crippen molar-refractivity contribution in [1.82, 2.24) is 0 Å². The maximum absolute atomic E-state index is 6.36. The highest BCUT2D eigenvalue weighted by atomic mass is 32.1. The zero-order valence-corrected chi connectivity index (χ0v) is 13.0. The topological polar surface area (TPSA) is 18.5 Å². The summed E-state index contributed by atoms with van der Waals surface area (Å²) in [5, 5.41) is 2.11. The van der Waals surface area contributed by atoms with E-state index in [4.69, 9.17) is 9.47 Å². The summed E-state index contributed by atoms with van der Waals surface area (Å²) in [5.74, 6) is 1.26. The van der Waals surface area contributed by atoms with Gasteiger partial charge in [-0.3, -0.25) is 0 Å². The Balaban J connectivity index is 1.84. The standard InChI is InChI=1S/C18H18O2S/c1-18(2)10-13-12-6-3-4-7-15(12)19-11-14(13)17(20-18)16-8-5-9-21-16/h3-10,14,17H,11H2,1-2H3/t14-,17-/m0/s1. The zero-order valence-electron chi connectivity index (χ0n) is 12.2. The van der Waals surface area contributed by atoms with Crippen LogP contribution in [0.4, 0.5) is 0 Å². The molecule has 0 spiro atoms. The summed E-state index contributed by atoms with van der Waals surface area (Å²) in [7, 11) is 0. The van der Waals surface area contributed by atoms with E-state index >= 15 is 0 Å². The summed E-state index contributed by atoms with van der Waals surface area (Å²) in [6, 6.07) is 12.6. The molecule has 1 aromatic carbocycles. The molecule has 0 saturated carbocycles. The van der Waals surface area contributed by atoms with Gasteiger partial charge in [-0.1, -0.05) is 24.3 Å². The first-order chi connectivity index (χ1) is 10.1. The fourth-order valence-corrected chi connectivity index (χ4v) is 4.08. The van der Waals surface area contributed by atoms with Crippen LogP contribution in [0.5, 0.6) is 5.75 Å². The normalized spacial score (nSPS) is 26.3. The summed E-state index contributed by atoms with van der Waals surface area (Å²) in [4.78, 5) is 1.28. The molecule has 1 aromatic heterocycles. The van der Waals surface area contributed by atoms with Crippen LogP contribution in [0.2, 0.25) is 0 Å². The maximum Gasteiger partial charge on any atom is 0.126 e. The molecule has 0 amide bonds. The van der Waals surface area contributed by atoms with Crippen LogP contribution in [0.25, 0.3) is 5.57 Å². The molecule has 21 heavy (non-hydrogen) atoms. The van der Waals surface area contributed by atoms with Crippen molar-refractivity contribution in [3.63, 3.8) is 0 Å². The first-order valence-electron chi connectivity index (χ1n) is 7.30. The minimum atomic E-state index is -0.259. The SMILES string of the molecule is CC1(C)C=C2c3ccccc3OC[C@@H]2[C@@H](c2cccs2)O1. The monoisotopic (exact) mass is 298 g/mol. The molecule has 2 aliphatic heterocycles. The smallest absolute Gasteiger partial charge is 0.126 e. The summed E-state index contributed by atoms with van der Waals surface area (Å²) >= 11 is 1.76. The number of benzene rings is 1. The average Bonchev–Trinajstić information content (AvgIpc) is 2.99. The van der Waals surface area contributed by atoms with Crippen molar-refractivity contribution >= 4 is 16.9 Å². The Morgan fingerprint density at radius 3 is 2.81 bits per heavy atom. The number of fused-ring (bicyclic) bond motifs is 3. The Morgan fingerprint density at radius 2 is 2.00 bits per heavy atom. The maximum atomic E-state index is 6.36. The molecule has 2 aliphatic rings. The van der Waals surface area contributed by atoms with Gasteiger partial charge in [0.05, 0.1) is 12.2 Å². The Kier molecular flexibility index (Phi) is 2.95. The van der Waals surface area contributed by atoms with Gasteiger partial charge in [0, 0.05) is 16.4 Å². The summed E-state index contributed by atoms with van der Waals surface area (Å²) in [5.41, 5.74) is 2.32. The Bertz CT molecular complexity index is 685. The van der Waals surface area contributed by atoms with Crippen molar-refractivity contribution in [2.45, 2.75) is 25.6 Å². The van der Waals surface area contributed by atoms with Crippen molar-refractivity contribution in [2.75, 3.05) is 6.61 Å². The van der Waals surface area contributed by atoms with Crippen LogP contribution in [0.15, 0.2) is 47.9 Å². The van der Waals surface area contributed by atoms with E-state index in [2.05, 4.69) is 55.6 Å². The van der Waals surface area contributed by atoms with E-state index in [0.717, 1.165) is 5.75 Å². The highest BCUT2D eigenvalue weighted by molar-refractivity contribution is 7.10. The Hall–Kier alpha value is -1.58. The van der Waals surface area contributed by atoms with Gasteiger partial charge < -0.3 is 9.47 Å². The first-order valence-corrected chi connectivity index (χ1v) is 8.18. The summed E-state index contributed by atoms with van der Waals surface area (Å²) in [6.07, 6.45) is 2.34. The number of hydrogen-bond acceptors (Lipinski definition) is 3. The van der Waals surface area contributed by atoms with E-state index < -0.39 is 0 Å². The lowest BCUT2D eigenvalue weighted by molar-refractivity contribution is -0.0761. The lowest BCUT2D eigenvalue weighted by Crippen LogP contribution is -2.38. The van der Waals surface area contributed by atoms with Gasteiger partial charge in [0.1, 0.15) is 11.9 Å². The third kappa shape index (κ3) is 2.21. The van der Waals surface area contributed by atoms with Crippen molar-refractivity contribution in [1.29, 1.82) is 0 Å². The zero-order chi connectivity index (χ0) is 14.4. The molecule has 3 heterocycles. The van der Waals surface area contributed by atoms with E-state index in [1.165, 1.54) is 16.0 Å². The average molecular weight is 298 g/mol. The quantitative estimate of drug-likeness (QED) is 0.760. The molecular formula is C18H18O2S. The third-order valence-electron chi connectivity index (χ3n) is 4.14. The molecule has 0 saturated heterocycles. The summed E-state index contributed by atoms with van der Waals surface area (Å²) in [6.45, 7) is 4.95. The number of rotatable bonds is 1. The minimum absolute atomic E-state index is 0.0772. The molecule has 4 rings (SSSR count). The van der Waals surface area contributed by atoms with Crippen molar-refractivity contribution < 1.29 is 9.47 Å². The fraction of sp³-hybridized carbons (Fsp3) is 0.333. The van der Waals surface area contributed by atoms with Crippen LogP contribution in [0, 0.1) is 5.92 Å². The Morgan fingerprint density at radius 1 is 1.14 bits per heavy atom.